The molecule has 2 atom stereocenters. The molecular weight excluding hydrogens is 315 g/mol. The number of nitrogens with zero attached hydrogens (tertiary/aromatic N) is 1. The van der Waals surface area contributed by atoms with E-state index in [1.165, 1.54) is 6.07 Å². The van der Waals surface area contributed by atoms with Crippen LogP contribution in [0.1, 0.15) is 24.1 Å². The molecule has 3 rings (SSSR count). The molecule has 25 heavy (non-hydrogen) atoms. The molecule has 0 bridgehead atoms. The van der Waals surface area contributed by atoms with Crippen molar-refractivity contribution in [1.29, 1.82) is 5.26 Å². The SMILES string of the molecule is CC(NC(=O)C(F)(C#N)c1cccc2ccccc12)c1ccccc1. The molecule has 3 aromatic rings. The number of carbonyl (C=O) groups is 1. The van der Waals surface area contributed by atoms with Gasteiger partial charge in [-0.2, -0.15) is 5.26 Å². The van der Waals surface area contributed by atoms with E-state index >= 15 is 4.39 Å². The average molecular weight is 332 g/mol. The number of rotatable bonds is 4. The summed E-state index contributed by atoms with van der Waals surface area (Å²) in [7, 11) is 0. The summed E-state index contributed by atoms with van der Waals surface area (Å²) in [5.74, 6) is -0.956. The third-order valence-electron chi connectivity index (χ3n) is 4.27. The first-order chi connectivity index (χ1) is 12.1. The molecule has 0 aliphatic heterocycles. The Hall–Kier alpha value is -3.19. The normalized spacial score (nSPS) is 14.3. The van der Waals surface area contributed by atoms with Gasteiger partial charge in [0, 0.05) is 5.56 Å². The third-order valence-corrected chi connectivity index (χ3v) is 4.27. The van der Waals surface area contributed by atoms with E-state index in [4.69, 9.17) is 0 Å². The van der Waals surface area contributed by atoms with Gasteiger partial charge in [0.1, 0.15) is 6.07 Å². The molecule has 0 aromatic heterocycles. The van der Waals surface area contributed by atoms with Gasteiger partial charge < -0.3 is 5.32 Å². The molecule has 0 saturated carbocycles. The summed E-state index contributed by atoms with van der Waals surface area (Å²) in [6, 6.07) is 22.5. The molecule has 1 N–H and O–H groups in total. The van der Waals surface area contributed by atoms with Crippen molar-refractivity contribution in [2.45, 2.75) is 18.6 Å². The topological polar surface area (TPSA) is 52.9 Å². The maximum atomic E-state index is 15.5. The maximum Gasteiger partial charge on any atom is 0.298 e. The zero-order valence-electron chi connectivity index (χ0n) is 13.7. The molecule has 1 amide bonds. The minimum atomic E-state index is -2.76. The standard InChI is InChI=1S/C21H17FN2O/c1-15(16-8-3-2-4-9-16)24-20(25)21(22,14-23)19-13-7-11-17-10-5-6-12-18(17)19/h2-13,15H,1H3,(H,24,25). The first kappa shape index (κ1) is 16.7. The molecule has 0 heterocycles. The largest absolute Gasteiger partial charge is 0.346 e. The first-order valence-corrected chi connectivity index (χ1v) is 8.00. The predicted molar refractivity (Wildman–Crippen MR) is 95.3 cm³/mol. The van der Waals surface area contributed by atoms with Crippen LogP contribution >= 0.6 is 0 Å². The Morgan fingerprint density at radius 3 is 2.40 bits per heavy atom. The highest BCUT2D eigenvalue weighted by Crippen LogP contribution is 2.32. The lowest BCUT2D eigenvalue weighted by Gasteiger charge is -2.22. The second-order valence-corrected chi connectivity index (χ2v) is 5.90. The summed E-state index contributed by atoms with van der Waals surface area (Å²) in [4.78, 5) is 12.6. The first-order valence-electron chi connectivity index (χ1n) is 8.00. The second-order valence-electron chi connectivity index (χ2n) is 5.90. The fourth-order valence-electron chi connectivity index (χ4n) is 2.88. The van der Waals surface area contributed by atoms with Crippen molar-refractivity contribution in [1.82, 2.24) is 5.32 Å². The van der Waals surface area contributed by atoms with E-state index in [9.17, 15) is 10.1 Å². The zero-order valence-corrected chi connectivity index (χ0v) is 13.7. The van der Waals surface area contributed by atoms with Crippen molar-refractivity contribution in [3.05, 3.63) is 83.9 Å². The van der Waals surface area contributed by atoms with Crippen LogP contribution in [0.4, 0.5) is 4.39 Å². The van der Waals surface area contributed by atoms with Gasteiger partial charge >= 0.3 is 0 Å². The van der Waals surface area contributed by atoms with Crippen LogP contribution in [0.15, 0.2) is 72.8 Å². The van der Waals surface area contributed by atoms with Crippen molar-refractivity contribution in [3.8, 4) is 6.07 Å². The molecule has 0 radical (unpaired) electrons. The Morgan fingerprint density at radius 2 is 1.68 bits per heavy atom. The highest BCUT2D eigenvalue weighted by atomic mass is 19.1. The van der Waals surface area contributed by atoms with Gasteiger partial charge in [0.05, 0.1) is 6.04 Å². The van der Waals surface area contributed by atoms with Crippen LogP contribution in [0.25, 0.3) is 10.8 Å². The van der Waals surface area contributed by atoms with Crippen LogP contribution in [-0.4, -0.2) is 5.91 Å². The Balaban J connectivity index is 1.97. The number of nitriles is 1. The molecule has 4 heteroatoms. The van der Waals surface area contributed by atoms with E-state index in [1.807, 2.05) is 48.5 Å². The average Bonchev–Trinajstić information content (AvgIpc) is 2.67. The quantitative estimate of drug-likeness (QED) is 0.769. The van der Waals surface area contributed by atoms with Crippen LogP contribution in [0, 0.1) is 11.3 Å². The molecule has 0 saturated heterocycles. The molecule has 3 nitrogen and oxygen atoms in total. The molecule has 0 fully saturated rings. The van der Waals surface area contributed by atoms with Gasteiger partial charge in [-0.1, -0.05) is 72.8 Å². The van der Waals surface area contributed by atoms with Gasteiger partial charge in [0.25, 0.3) is 11.6 Å². The summed E-state index contributed by atoms with van der Waals surface area (Å²) in [5.41, 5.74) is -1.86. The fraction of sp³-hybridized carbons (Fsp3) is 0.143. The van der Waals surface area contributed by atoms with E-state index in [1.54, 1.807) is 31.2 Å². The monoisotopic (exact) mass is 332 g/mol. The number of amides is 1. The number of nitrogens with one attached hydrogen (secondary N) is 1. The molecule has 0 aliphatic carbocycles. The van der Waals surface area contributed by atoms with E-state index in [0.717, 1.165) is 10.9 Å². The highest BCUT2D eigenvalue weighted by Gasteiger charge is 2.42. The van der Waals surface area contributed by atoms with Gasteiger partial charge in [-0.3, -0.25) is 4.79 Å². The Labute approximate surface area is 145 Å². The summed E-state index contributed by atoms with van der Waals surface area (Å²) in [5, 5.41) is 13.4. The van der Waals surface area contributed by atoms with Gasteiger partial charge in [-0.25, -0.2) is 4.39 Å². The van der Waals surface area contributed by atoms with Crippen molar-refractivity contribution in [3.63, 3.8) is 0 Å². The van der Waals surface area contributed by atoms with E-state index < -0.39 is 17.6 Å². The Kier molecular flexibility index (Phi) is 4.49. The van der Waals surface area contributed by atoms with Crippen molar-refractivity contribution in [2.75, 3.05) is 0 Å². The van der Waals surface area contributed by atoms with E-state index in [2.05, 4.69) is 5.32 Å². The number of hydrogen-bond donors (Lipinski definition) is 1. The second kappa shape index (κ2) is 6.74. The van der Waals surface area contributed by atoms with E-state index in [-0.39, 0.29) is 5.56 Å². The fourth-order valence-corrected chi connectivity index (χ4v) is 2.88. The lowest BCUT2D eigenvalue weighted by Crippen LogP contribution is -2.41. The van der Waals surface area contributed by atoms with Crippen LogP contribution in [0.2, 0.25) is 0 Å². The van der Waals surface area contributed by atoms with Crippen LogP contribution in [0.5, 0.6) is 0 Å². The summed E-state index contributed by atoms with van der Waals surface area (Å²) < 4.78 is 15.5. The number of carbonyl (C=O) groups excluding carboxylic acids is 1. The summed E-state index contributed by atoms with van der Waals surface area (Å²) in [6.45, 7) is 1.76. The summed E-state index contributed by atoms with van der Waals surface area (Å²) in [6.07, 6.45) is 0. The number of halogens is 1. The highest BCUT2D eigenvalue weighted by molar-refractivity contribution is 5.96. The Morgan fingerprint density at radius 1 is 1.04 bits per heavy atom. The maximum absolute atomic E-state index is 15.5. The van der Waals surface area contributed by atoms with E-state index in [0.29, 0.717) is 5.39 Å². The molecular formula is C21H17FN2O. The molecule has 0 aliphatic rings. The minimum absolute atomic E-state index is 0.0610. The lowest BCUT2D eigenvalue weighted by molar-refractivity contribution is -0.130. The van der Waals surface area contributed by atoms with Crippen molar-refractivity contribution in [2.24, 2.45) is 0 Å². The van der Waals surface area contributed by atoms with Crippen molar-refractivity contribution >= 4 is 16.7 Å². The van der Waals surface area contributed by atoms with Crippen LogP contribution in [-0.2, 0) is 10.5 Å². The zero-order chi connectivity index (χ0) is 17.9. The van der Waals surface area contributed by atoms with Crippen LogP contribution < -0.4 is 5.32 Å². The number of benzene rings is 3. The molecule has 0 spiro atoms. The predicted octanol–water partition coefficient (Wildman–Crippen LogP) is 4.41. The number of hydrogen-bond acceptors (Lipinski definition) is 2. The van der Waals surface area contributed by atoms with Gasteiger partial charge in [-0.05, 0) is 23.3 Å². The summed E-state index contributed by atoms with van der Waals surface area (Å²) >= 11 is 0. The number of alkyl halides is 1. The third kappa shape index (κ3) is 3.09. The molecule has 124 valence electrons. The smallest absolute Gasteiger partial charge is 0.298 e. The molecule has 2 unspecified atom stereocenters. The van der Waals surface area contributed by atoms with Crippen LogP contribution in [0.3, 0.4) is 0 Å². The van der Waals surface area contributed by atoms with Gasteiger partial charge in [0.15, 0.2) is 0 Å². The molecule has 3 aromatic carbocycles. The minimum Gasteiger partial charge on any atom is -0.346 e. The lowest BCUT2D eigenvalue weighted by atomic mass is 9.90. The number of fused-ring (bicyclic) bond motifs is 1. The van der Waals surface area contributed by atoms with Crippen molar-refractivity contribution < 1.29 is 9.18 Å². The van der Waals surface area contributed by atoms with Gasteiger partial charge in [0.2, 0.25) is 0 Å². The Bertz CT molecular complexity index is 944. The van der Waals surface area contributed by atoms with Gasteiger partial charge in [-0.15, -0.1) is 0 Å².